The van der Waals surface area contributed by atoms with Crippen LogP contribution in [-0.4, -0.2) is 38.8 Å². The van der Waals surface area contributed by atoms with Gasteiger partial charge in [-0.1, -0.05) is 30.9 Å². The molecule has 6 nitrogen and oxygen atoms in total. The monoisotopic (exact) mass is 430 g/mol. The molecule has 0 aliphatic carbocycles. The number of carbonyl (C=O) groups excluding carboxylic acids is 1. The third kappa shape index (κ3) is 3.86. The Morgan fingerprint density at radius 3 is 2.59 bits per heavy atom. The highest BCUT2D eigenvalue weighted by Crippen LogP contribution is 2.37. The molecule has 154 valence electrons. The second-order valence-corrected chi connectivity index (χ2v) is 9.73. The predicted molar refractivity (Wildman–Crippen MR) is 122 cm³/mol. The van der Waals surface area contributed by atoms with E-state index in [2.05, 4.69) is 11.8 Å². The molecule has 2 aliphatic rings. The molecular formula is C21H26N4O2S2. The number of thiocarbonyl (C=S) groups is 1. The zero-order valence-corrected chi connectivity index (χ0v) is 19.1. The van der Waals surface area contributed by atoms with E-state index in [-0.39, 0.29) is 23.1 Å². The van der Waals surface area contributed by atoms with E-state index in [1.165, 1.54) is 11.8 Å². The highest BCUT2D eigenvalue weighted by molar-refractivity contribution is 8.26. The van der Waals surface area contributed by atoms with Gasteiger partial charge in [0.05, 0.1) is 4.91 Å². The van der Waals surface area contributed by atoms with Crippen molar-refractivity contribution in [3.05, 3.63) is 31.9 Å². The molecule has 2 saturated heterocycles. The van der Waals surface area contributed by atoms with Gasteiger partial charge in [-0.2, -0.15) is 5.26 Å². The van der Waals surface area contributed by atoms with Gasteiger partial charge in [-0.3, -0.25) is 19.1 Å². The van der Waals surface area contributed by atoms with Crippen LogP contribution in [0.1, 0.15) is 50.3 Å². The summed E-state index contributed by atoms with van der Waals surface area (Å²) >= 11 is 6.67. The van der Waals surface area contributed by atoms with Crippen molar-refractivity contribution in [3.63, 3.8) is 0 Å². The quantitative estimate of drug-likeness (QED) is 0.541. The summed E-state index contributed by atoms with van der Waals surface area (Å²) < 4.78 is 2.09. The van der Waals surface area contributed by atoms with Crippen LogP contribution in [0.2, 0.25) is 0 Å². The topological polar surface area (TPSA) is 69.3 Å². The van der Waals surface area contributed by atoms with E-state index in [0.29, 0.717) is 20.7 Å². The number of carbonyl (C=O) groups is 1. The number of hydrogen-bond acceptors (Lipinski definition) is 6. The van der Waals surface area contributed by atoms with Crippen molar-refractivity contribution in [2.75, 3.05) is 18.0 Å². The van der Waals surface area contributed by atoms with E-state index < -0.39 is 0 Å². The first-order valence-corrected chi connectivity index (χ1v) is 11.1. The molecule has 1 aromatic rings. The third-order valence-electron chi connectivity index (χ3n) is 5.54. The largest absolute Gasteiger partial charge is 0.357 e. The normalized spacial score (nSPS) is 21.4. The number of amides is 1. The van der Waals surface area contributed by atoms with Crippen LogP contribution in [0, 0.1) is 24.2 Å². The fourth-order valence-electron chi connectivity index (χ4n) is 4.03. The molecule has 29 heavy (non-hydrogen) atoms. The Kier molecular flexibility index (Phi) is 6.20. The van der Waals surface area contributed by atoms with Crippen molar-refractivity contribution in [2.45, 2.75) is 46.6 Å². The molecule has 8 heteroatoms. The summed E-state index contributed by atoms with van der Waals surface area (Å²) in [6.07, 6.45) is 4.01. The lowest BCUT2D eigenvalue weighted by Gasteiger charge is -2.35. The lowest BCUT2D eigenvalue weighted by molar-refractivity contribution is -0.123. The summed E-state index contributed by atoms with van der Waals surface area (Å²) in [6.45, 7) is 9.53. The molecule has 0 spiro atoms. The molecule has 0 N–H and O–H groups in total. The summed E-state index contributed by atoms with van der Waals surface area (Å²) in [4.78, 5) is 30.1. The number of rotatable bonds is 3. The molecule has 1 atom stereocenters. The number of hydrogen-bond donors (Lipinski definition) is 0. The molecule has 0 saturated carbocycles. The molecule has 1 amide bonds. The molecule has 0 bridgehead atoms. The molecule has 0 radical (unpaired) electrons. The van der Waals surface area contributed by atoms with Crippen molar-refractivity contribution in [2.24, 2.45) is 13.0 Å². The molecule has 1 unspecified atom stereocenters. The maximum absolute atomic E-state index is 12.9. The van der Waals surface area contributed by atoms with Gasteiger partial charge in [0.25, 0.3) is 11.5 Å². The van der Waals surface area contributed by atoms with Crippen LogP contribution >= 0.6 is 24.0 Å². The summed E-state index contributed by atoms with van der Waals surface area (Å²) in [6, 6.07) is 2.02. The number of nitriles is 1. The first kappa shape index (κ1) is 21.6. The highest BCUT2D eigenvalue weighted by Gasteiger charge is 2.34. The number of nitrogens with zero attached hydrogens (tertiary/aromatic N) is 4. The van der Waals surface area contributed by atoms with Gasteiger partial charge < -0.3 is 4.90 Å². The summed E-state index contributed by atoms with van der Waals surface area (Å²) in [5.41, 5.74) is 1.18. The fraction of sp³-hybridized carbons (Fsp3) is 0.524. The van der Waals surface area contributed by atoms with Crippen LogP contribution < -0.4 is 10.5 Å². The molecule has 3 rings (SSSR count). The zero-order valence-electron chi connectivity index (χ0n) is 17.5. The first-order chi connectivity index (χ1) is 13.7. The van der Waals surface area contributed by atoms with Crippen LogP contribution in [0.15, 0.2) is 9.70 Å². The van der Waals surface area contributed by atoms with E-state index in [4.69, 9.17) is 12.2 Å². The minimum absolute atomic E-state index is 0.0216. The number of aromatic nitrogens is 1. The standard InChI is InChI=1S/C21H26N4O2S2/c1-12(2)25-20(27)17(29-21(25)28)9-15-14(4)16(10-22)19(26)23(5)18(15)24-8-6-7-13(3)11-24/h9,12-13H,6-8,11H2,1-5H3/b17-9+. The Bertz CT molecular complexity index is 1000. The van der Waals surface area contributed by atoms with Crippen LogP contribution in [0.4, 0.5) is 5.82 Å². The molecule has 0 aromatic carbocycles. The van der Waals surface area contributed by atoms with Crippen molar-refractivity contribution in [1.29, 1.82) is 5.26 Å². The van der Waals surface area contributed by atoms with Gasteiger partial charge in [0.15, 0.2) is 0 Å². The van der Waals surface area contributed by atoms with Gasteiger partial charge in [-0.15, -0.1) is 0 Å². The lowest BCUT2D eigenvalue weighted by Crippen LogP contribution is -2.39. The van der Waals surface area contributed by atoms with E-state index in [0.717, 1.165) is 37.3 Å². The van der Waals surface area contributed by atoms with Gasteiger partial charge in [0.1, 0.15) is 21.8 Å². The van der Waals surface area contributed by atoms with Gasteiger partial charge in [0.2, 0.25) is 0 Å². The average molecular weight is 431 g/mol. The SMILES string of the molecule is Cc1c(/C=C2/SC(=S)N(C(C)C)C2=O)c(N2CCCC(C)C2)n(C)c(=O)c1C#N. The van der Waals surface area contributed by atoms with Crippen LogP contribution in [0.25, 0.3) is 6.08 Å². The Morgan fingerprint density at radius 2 is 2.03 bits per heavy atom. The second-order valence-electron chi connectivity index (χ2n) is 8.05. The molecule has 1 aromatic heterocycles. The van der Waals surface area contributed by atoms with E-state index in [1.807, 2.05) is 26.0 Å². The lowest BCUT2D eigenvalue weighted by atomic mass is 9.98. The number of thioether (sulfide) groups is 1. The van der Waals surface area contributed by atoms with Crippen molar-refractivity contribution in [1.82, 2.24) is 9.47 Å². The Balaban J connectivity index is 2.21. The summed E-state index contributed by atoms with van der Waals surface area (Å²) in [5, 5.41) is 9.56. The number of anilines is 1. The summed E-state index contributed by atoms with van der Waals surface area (Å²) in [5.74, 6) is 1.16. The zero-order chi connectivity index (χ0) is 21.5. The third-order valence-corrected chi connectivity index (χ3v) is 6.87. The van der Waals surface area contributed by atoms with Crippen molar-refractivity contribution in [3.8, 4) is 6.07 Å². The van der Waals surface area contributed by atoms with Crippen molar-refractivity contribution < 1.29 is 4.79 Å². The van der Waals surface area contributed by atoms with E-state index >= 15 is 0 Å². The highest BCUT2D eigenvalue weighted by atomic mass is 32.2. The smallest absolute Gasteiger partial charge is 0.270 e. The van der Waals surface area contributed by atoms with Crippen LogP contribution in [-0.2, 0) is 11.8 Å². The maximum Gasteiger partial charge on any atom is 0.270 e. The number of piperidine rings is 1. The second kappa shape index (κ2) is 8.33. The van der Waals surface area contributed by atoms with Gasteiger partial charge >= 0.3 is 0 Å². The Hall–Kier alpha value is -2.11. The van der Waals surface area contributed by atoms with E-state index in [1.54, 1.807) is 23.4 Å². The molecular weight excluding hydrogens is 404 g/mol. The van der Waals surface area contributed by atoms with Crippen LogP contribution in [0.5, 0.6) is 0 Å². The minimum Gasteiger partial charge on any atom is -0.357 e. The van der Waals surface area contributed by atoms with E-state index in [9.17, 15) is 14.9 Å². The minimum atomic E-state index is -0.301. The van der Waals surface area contributed by atoms with Gasteiger partial charge in [0, 0.05) is 31.7 Å². The number of pyridine rings is 1. The van der Waals surface area contributed by atoms with Crippen molar-refractivity contribution >= 4 is 46.1 Å². The fourth-order valence-corrected chi connectivity index (χ4v) is 5.54. The molecule has 3 heterocycles. The Morgan fingerprint density at radius 1 is 1.34 bits per heavy atom. The summed E-state index contributed by atoms with van der Waals surface area (Å²) in [7, 11) is 1.70. The Labute approximate surface area is 181 Å². The van der Waals surface area contributed by atoms with Crippen LogP contribution in [0.3, 0.4) is 0 Å². The first-order valence-electron chi connectivity index (χ1n) is 9.83. The maximum atomic E-state index is 12.9. The average Bonchev–Trinajstić information content (AvgIpc) is 2.93. The van der Waals surface area contributed by atoms with Gasteiger partial charge in [-0.05, 0) is 51.2 Å². The molecule has 2 aliphatic heterocycles. The van der Waals surface area contributed by atoms with Gasteiger partial charge in [-0.25, -0.2) is 0 Å². The molecule has 2 fully saturated rings. The predicted octanol–water partition coefficient (Wildman–Crippen LogP) is 3.41.